The molecule has 1 aromatic rings. The summed E-state index contributed by atoms with van der Waals surface area (Å²) in [5, 5.41) is 8.64. The fourth-order valence-corrected chi connectivity index (χ4v) is 10.2. The molecular formula is C36H53N5O7S. The first-order valence-electron chi connectivity index (χ1n) is 17.6. The summed E-state index contributed by atoms with van der Waals surface area (Å²) in [7, 11) is -3.59. The molecule has 3 saturated carbocycles. The summed E-state index contributed by atoms with van der Waals surface area (Å²) in [5.74, 6) is -3.12. The van der Waals surface area contributed by atoms with E-state index in [0.29, 0.717) is 31.4 Å². The van der Waals surface area contributed by atoms with Crippen molar-refractivity contribution in [1.29, 1.82) is 0 Å². The van der Waals surface area contributed by atoms with Gasteiger partial charge in [-0.25, -0.2) is 13.2 Å². The van der Waals surface area contributed by atoms with Crippen LogP contribution in [0.2, 0.25) is 0 Å². The van der Waals surface area contributed by atoms with E-state index in [4.69, 9.17) is 5.73 Å². The number of carbonyl (C=O) groups is 5. The molecule has 0 bridgehead atoms. The topological polar surface area (TPSA) is 185 Å². The molecule has 13 heteroatoms. The number of piperidine rings is 1. The lowest BCUT2D eigenvalue weighted by Gasteiger charge is -2.40. The average molecular weight is 700 g/mol. The van der Waals surface area contributed by atoms with Crippen LogP contribution in [0.1, 0.15) is 91.5 Å². The third-order valence-electron chi connectivity index (χ3n) is 11.2. The fraction of sp³-hybridized carbons (Fsp3) is 0.694. The van der Waals surface area contributed by atoms with Gasteiger partial charge in [-0.2, -0.15) is 0 Å². The third-order valence-corrected chi connectivity index (χ3v) is 13.0. The molecule has 3 aliphatic carbocycles. The molecule has 5 atom stereocenters. The summed E-state index contributed by atoms with van der Waals surface area (Å²) in [6.45, 7) is 9.87. The molecule has 5 amide bonds. The number of likely N-dealkylation sites (tertiary alicyclic amines) is 1. The van der Waals surface area contributed by atoms with Crippen LogP contribution in [0.4, 0.5) is 4.79 Å². The molecule has 49 heavy (non-hydrogen) atoms. The molecule has 4 fully saturated rings. The van der Waals surface area contributed by atoms with Crippen LogP contribution < -0.4 is 21.7 Å². The van der Waals surface area contributed by atoms with Crippen LogP contribution >= 0.6 is 0 Å². The smallest absolute Gasteiger partial charge is 0.315 e. The molecule has 1 aliphatic heterocycles. The fourth-order valence-electron chi connectivity index (χ4n) is 8.22. The molecule has 12 nitrogen and oxygen atoms in total. The normalized spacial score (nSPS) is 25.3. The summed E-state index contributed by atoms with van der Waals surface area (Å²) in [4.78, 5) is 68.1. The molecule has 2 unspecified atom stereocenters. The summed E-state index contributed by atoms with van der Waals surface area (Å²) >= 11 is 0. The minimum absolute atomic E-state index is 0.0516. The Hall–Kier alpha value is -3.48. The van der Waals surface area contributed by atoms with Crippen molar-refractivity contribution in [2.75, 3.05) is 12.3 Å². The Balaban J connectivity index is 1.33. The van der Waals surface area contributed by atoms with Crippen LogP contribution in [0.3, 0.4) is 0 Å². The van der Waals surface area contributed by atoms with Crippen molar-refractivity contribution in [3.05, 3.63) is 35.9 Å². The van der Waals surface area contributed by atoms with Crippen molar-refractivity contribution in [3.8, 4) is 0 Å². The van der Waals surface area contributed by atoms with E-state index in [1.165, 1.54) is 4.90 Å². The van der Waals surface area contributed by atoms with Gasteiger partial charge in [0.15, 0.2) is 9.84 Å². The predicted octanol–water partition coefficient (Wildman–Crippen LogP) is 2.84. The van der Waals surface area contributed by atoms with Crippen LogP contribution in [-0.2, 0) is 34.8 Å². The minimum Gasteiger partial charge on any atom is -0.363 e. The van der Waals surface area contributed by atoms with Gasteiger partial charge in [-0.15, -0.1) is 0 Å². The molecular weight excluding hydrogens is 646 g/mol. The molecule has 1 heterocycles. The number of Topliss-reactive ketones (excluding diaryl/α,β-unsaturated/α-hetero) is 1. The lowest BCUT2D eigenvalue weighted by atomic mass is 9.83. The van der Waals surface area contributed by atoms with Crippen LogP contribution in [-0.4, -0.2) is 78.8 Å². The van der Waals surface area contributed by atoms with Crippen LogP contribution in [0.15, 0.2) is 30.3 Å². The van der Waals surface area contributed by atoms with E-state index in [1.54, 1.807) is 24.3 Å². The number of ketones is 1. The first-order valence-corrected chi connectivity index (χ1v) is 19.4. The van der Waals surface area contributed by atoms with Crippen molar-refractivity contribution < 1.29 is 32.4 Å². The van der Waals surface area contributed by atoms with Crippen LogP contribution in [0.25, 0.3) is 0 Å². The molecule has 270 valence electrons. The van der Waals surface area contributed by atoms with Gasteiger partial charge in [0.25, 0.3) is 5.91 Å². The molecule has 5 rings (SSSR count). The third kappa shape index (κ3) is 8.46. The zero-order valence-electron chi connectivity index (χ0n) is 29.4. The van der Waals surface area contributed by atoms with Gasteiger partial charge in [0, 0.05) is 6.54 Å². The Bertz CT molecular complexity index is 1560. The number of urea groups is 1. The zero-order valence-corrected chi connectivity index (χ0v) is 30.2. The van der Waals surface area contributed by atoms with E-state index in [9.17, 15) is 32.4 Å². The van der Waals surface area contributed by atoms with E-state index in [0.717, 1.165) is 32.1 Å². The number of fused-ring (bicyclic) bond motifs is 1. The van der Waals surface area contributed by atoms with Crippen molar-refractivity contribution in [2.24, 2.45) is 34.3 Å². The lowest BCUT2D eigenvalue weighted by Crippen LogP contribution is -2.64. The maximum Gasteiger partial charge on any atom is 0.315 e. The largest absolute Gasteiger partial charge is 0.363 e. The van der Waals surface area contributed by atoms with Gasteiger partial charge in [-0.3, -0.25) is 19.2 Å². The number of carbonyl (C=O) groups excluding carboxylic acids is 5. The second-order valence-electron chi connectivity index (χ2n) is 16.6. The minimum atomic E-state index is -3.59. The van der Waals surface area contributed by atoms with Crippen LogP contribution in [0, 0.1) is 28.6 Å². The van der Waals surface area contributed by atoms with E-state index in [1.807, 2.05) is 40.7 Å². The van der Waals surface area contributed by atoms with E-state index < -0.39 is 68.5 Å². The highest BCUT2D eigenvalue weighted by atomic mass is 32.2. The molecule has 1 saturated heterocycles. The summed E-state index contributed by atoms with van der Waals surface area (Å²) in [6, 6.07) is 5.34. The zero-order chi connectivity index (χ0) is 35.9. The number of rotatable bonds is 13. The summed E-state index contributed by atoms with van der Waals surface area (Å²) in [5.41, 5.74) is 4.03. The van der Waals surface area contributed by atoms with Crippen LogP contribution in [0.5, 0.6) is 0 Å². The maximum absolute atomic E-state index is 14.4. The Kier molecular flexibility index (Phi) is 10.3. The number of nitrogens with two attached hydrogens (primary N) is 1. The number of hydrogen-bond acceptors (Lipinski definition) is 7. The molecule has 0 aromatic heterocycles. The average Bonchev–Trinajstić information content (AvgIpc) is 3.86. The van der Waals surface area contributed by atoms with Crippen molar-refractivity contribution in [3.63, 3.8) is 0 Å². The van der Waals surface area contributed by atoms with E-state index in [-0.39, 0.29) is 34.7 Å². The number of nitrogens with one attached hydrogen (secondary N) is 3. The molecule has 0 spiro atoms. The first kappa shape index (κ1) is 36.8. The van der Waals surface area contributed by atoms with E-state index in [2.05, 4.69) is 16.0 Å². The Labute approximate surface area is 290 Å². The standard InChI is InChI=1S/C36H53N5O7S/c1-34(2,3)29(39-33(46)40-36(16-10-7-11-17-36)21-49(47,48)20-23-12-8-6-9-13-23)32(45)41-19-24-26(35(24,4)5)27(41)31(44)38-25(18-22-14-15-22)28(42)30(37)43/h6,8-9,12-13,22,24-27,29H,7,10-11,14-21H2,1-5H3,(H2,37,43)(H,38,44)(H2,39,40,46)/t24-,25?,26-,27?,29+/m0/s1. The van der Waals surface area contributed by atoms with Gasteiger partial charge in [0.1, 0.15) is 12.1 Å². The Morgan fingerprint density at radius 1 is 0.980 bits per heavy atom. The second kappa shape index (κ2) is 13.7. The summed E-state index contributed by atoms with van der Waals surface area (Å²) < 4.78 is 26.8. The number of benzene rings is 1. The van der Waals surface area contributed by atoms with Gasteiger partial charge in [-0.1, -0.05) is 97.1 Å². The highest BCUT2D eigenvalue weighted by Gasteiger charge is 2.70. The van der Waals surface area contributed by atoms with Gasteiger partial charge >= 0.3 is 6.03 Å². The molecule has 1 aromatic carbocycles. The van der Waals surface area contributed by atoms with Crippen molar-refractivity contribution in [1.82, 2.24) is 20.9 Å². The van der Waals surface area contributed by atoms with Crippen molar-refractivity contribution >= 4 is 39.4 Å². The number of hydrogen-bond donors (Lipinski definition) is 4. The number of sulfone groups is 1. The molecule has 4 aliphatic rings. The summed E-state index contributed by atoms with van der Waals surface area (Å²) in [6.07, 6.45) is 5.62. The quantitative estimate of drug-likeness (QED) is 0.228. The second-order valence-corrected chi connectivity index (χ2v) is 18.7. The number of amides is 5. The highest BCUT2D eigenvalue weighted by Crippen LogP contribution is 2.65. The Morgan fingerprint density at radius 3 is 2.18 bits per heavy atom. The predicted molar refractivity (Wildman–Crippen MR) is 184 cm³/mol. The SMILES string of the molecule is CC(C)(C)[C@H](NC(=O)NC1(CS(=O)(=O)Cc2ccccc2)CCCCC1)C(=O)N1C[C@H]2[C@@H](C1C(=O)NC(CC1CC1)C(=O)C(N)=O)C2(C)C. The van der Waals surface area contributed by atoms with Gasteiger partial charge < -0.3 is 26.6 Å². The molecule has 0 radical (unpaired) electrons. The van der Waals surface area contributed by atoms with Gasteiger partial charge in [-0.05, 0) is 53.4 Å². The van der Waals surface area contributed by atoms with Crippen molar-refractivity contribution in [2.45, 2.75) is 115 Å². The lowest BCUT2D eigenvalue weighted by molar-refractivity contribution is -0.145. The first-order chi connectivity index (χ1) is 22.8. The molecule has 5 N–H and O–H groups in total. The Morgan fingerprint density at radius 2 is 1.61 bits per heavy atom. The number of nitrogens with zero attached hydrogens (tertiary/aromatic N) is 1. The van der Waals surface area contributed by atoms with E-state index >= 15 is 0 Å². The van der Waals surface area contributed by atoms with Gasteiger partial charge in [0.2, 0.25) is 17.6 Å². The monoisotopic (exact) mass is 699 g/mol. The highest BCUT2D eigenvalue weighted by molar-refractivity contribution is 7.90. The van der Waals surface area contributed by atoms with Gasteiger partial charge in [0.05, 0.1) is 23.1 Å². The maximum atomic E-state index is 14.4. The number of primary amides is 1.